The van der Waals surface area contributed by atoms with E-state index in [1.165, 1.54) is 50.4 Å². The van der Waals surface area contributed by atoms with Gasteiger partial charge in [0, 0.05) is 31.3 Å². The molecule has 2 amide bonds. The molecule has 1 aliphatic carbocycles. The lowest BCUT2D eigenvalue weighted by Crippen LogP contribution is -2.11. The Labute approximate surface area is 167 Å². The Bertz CT molecular complexity index is 1010. The lowest BCUT2D eigenvalue weighted by Gasteiger charge is -2.19. The van der Waals surface area contributed by atoms with Crippen molar-refractivity contribution >= 4 is 44.7 Å². The third kappa shape index (κ3) is 3.80. The smallest absolute Gasteiger partial charge is 0.265 e. The normalized spacial score (nSPS) is 14.9. The number of amides is 2. The van der Waals surface area contributed by atoms with Gasteiger partial charge < -0.3 is 10.6 Å². The number of hydrogen-bond acceptors (Lipinski definition) is 4. The first-order valence-electron chi connectivity index (χ1n) is 9.66. The van der Waals surface area contributed by atoms with Gasteiger partial charge in [-0.05, 0) is 43.2 Å². The van der Waals surface area contributed by atoms with Gasteiger partial charge in [-0.15, -0.1) is 11.3 Å². The third-order valence-corrected chi connectivity index (χ3v) is 6.38. The van der Waals surface area contributed by atoms with E-state index in [9.17, 15) is 9.59 Å². The van der Waals surface area contributed by atoms with Crippen molar-refractivity contribution in [2.75, 3.05) is 10.6 Å². The Hall–Kier alpha value is -2.67. The van der Waals surface area contributed by atoms with Gasteiger partial charge in [0.1, 0.15) is 0 Å². The van der Waals surface area contributed by atoms with Crippen molar-refractivity contribution in [1.82, 2.24) is 9.78 Å². The highest BCUT2D eigenvalue weighted by molar-refractivity contribution is 7.21. The highest BCUT2D eigenvalue weighted by atomic mass is 32.1. The molecule has 0 unspecified atom stereocenters. The lowest BCUT2D eigenvalue weighted by atomic mass is 9.87. The zero-order chi connectivity index (χ0) is 19.7. The molecule has 1 saturated carbocycles. The average Bonchev–Trinajstić information content (AvgIpc) is 3.24. The summed E-state index contributed by atoms with van der Waals surface area (Å²) in [6.45, 7) is 1.47. The number of rotatable bonds is 4. The molecule has 0 bridgehead atoms. The van der Waals surface area contributed by atoms with Crippen LogP contribution in [0.3, 0.4) is 0 Å². The van der Waals surface area contributed by atoms with Crippen LogP contribution in [0, 0.1) is 0 Å². The van der Waals surface area contributed by atoms with Crippen molar-refractivity contribution in [3.8, 4) is 0 Å². The molecule has 28 heavy (non-hydrogen) atoms. The number of fused-ring (bicyclic) bond motifs is 1. The second kappa shape index (κ2) is 7.75. The number of anilines is 2. The van der Waals surface area contributed by atoms with Gasteiger partial charge in [-0.25, -0.2) is 0 Å². The van der Waals surface area contributed by atoms with E-state index in [1.54, 1.807) is 24.3 Å². The van der Waals surface area contributed by atoms with Crippen LogP contribution in [0.25, 0.3) is 10.2 Å². The van der Waals surface area contributed by atoms with Crippen LogP contribution in [0.5, 0.6) is 0 Å². The van der Waals surface area contributed by atoms with E-state index in [4.69, 9.17) is 5.10 Å². The first kappa shape index (κ1) is 18.7. The van der Waals surface area contributed by atoms with E-state index in [2.05, 4.69) is 10.6 Å². The van der Waals surface area contributed by atoms with E-state index >= 15 is 0 Å². The van der Waals surface area contributed by atoms with Crippen molar-refractivity contribution < 1.29 is 9.59 Å². The van der Waals surface area contributed by atoms with E-state index < -0.39 is 0 Å². The van der Waals surface area contributed by atoms with Crippen LogP contribution in [0.15, 0.2) is 30.3 Å². The van der Waals surface area contributed by atoms with Gasteiger partial charge in [0.25, 0.3) is 5.91 Å². The van der Waals surface area contributed by atoms with Crippen LogP contribution in [0.1, 0.15) is 60.3 Å². The van der Waals surface area contributed by atoms with Crippen LogP contribution < -0.4 is 10.6 Å². The third-order valence-electron chi connectivity index (χ3n) is 5.23. The lowest BCUT2D eigenvalue weighted by molar-refractivity contribution is -0.114. The monoisotopic (exact) mass is 396 g/mol. The van der Waals surface area contributed by atoms with Crippen molar-refractivity contribution in [2.45, 2.75) is 44.9 Å². The topological polar surface area (TPSA) is 76.0 Å². The molecule has 1 aliphatic rings. The summed E-state index contributed by atoms with van der Waals surface area (Å²) in [6, 6.07) is 9.04. The predicted octanol–water partition coefficient (Wildman–Crippen LogP) is 4.89. The second-order valence-corrected chi connectivity index (χ2v) is 8.43. The van der Waals surface area contributed by atoms with Crippen LogP contribution in [-0.2, 0) is 11.8 Å². The molecule has 7 heteroatoms. The maximum atomic E-state index is 12.7. The van der Waals surface area contributed by atoms with Gasteiger partial charge in [-0.3, -0.25) is 14.3 Å². The molecule has 0 spiro atoms. The van der Waals surface area contributed by atoms with Crippen LogP contribution in [0.2, 0.25) is 0 Å². The maximum Gasteiger partial charge on any atom is 0.265 e. The summed E-state index contributed by atoms with van der Waals surface area (Å²) in [5.41, 5.74) is 3.58. The van der Waals surface area contributed by atoms with Crippen LogP contribution in [0.4, 0.5) is 11.4 Å². The zero-order valence-corrected chi connectivity index (χ0v) is 16.9. The van der Waals surface area contributed by atoms with Crippen molar-refractivity contribution in [2.24, 2.45) is 7.05 Å². The molecule has 3 aromatic rings. The molecule has 146 valence electrons. The fourth-order valence-corrected chi connectivity index (χ4v) is 5.00. The number of nitrogens with one attached hydrogen (secondary N) is 2. The molecule has 2 heterocycles. The first-order valence-corrected chi connectivity index (χ1v) is 10.5. The average molecular weight is 397 g/mol. The fourth-order valence-electron chi connectivity index (χ4n) is 3.85. The molecule has 6 nitrogen and oxygen atoms in total. The number of carbonyl (C=O) groups is 2. The van der Waals surface area contributed by atoms with E-state index in [-0.39, 0.29) is 11.8 Å². The van der Waals surface area contributed by atoms with Gasteiger partial charge in [-0.1, -0.05) is 19.3 Å². The predicted molar refractivity (Wildman–Crippen MR) is 113 cm³/mol. The van der Waals surface area contributed by atoms with Crippen molar-refractivity contribution in [3.63, 3.8) is 0 Å². The number of benzene rings is 1. The molecular weight excluding hydrogens is 372 g/mol. The van der Waals surface area contributed by atoms with Gasteiger partial charge in [0.05, 0.1) is 20.8 Å². The number of carbonyl (C=O) groups excluding carboxylic acids is 2. The summed E-state index contributed by atoms with van der Waals surface area (Å²) in [6.07, 6.45) is 6.20. The maximum absolute atomic E-state index is 12.7. The molecule has 0 radical (unpaired) electrons. The second-order valence-electron chi connectivity index (χ2n) is 7.38. The Morgan fingerprint density at radius 1 is 1.07 bits per heavy atom. The number of nitrogens with zero attached hydrogens (tertiary/aromatic N) is 2. The van der Waals surface area contributed by atoms with Gasteiger partial charge in [0.15, 0.2) is 0 Å². The van der Waals surface area contributed by atoms with Gasteiger partial charge in [0.2, 0.25) is 5.91 Å². The molecule has 1 fully saturated rings. The number of aromatic nitrogens is 2. The zero-order valence-electron chi connectivity index (χ0n) is 16.1. The van der Waals surface area contributed by atoms with Crippen molar-refractivity contribution in [1.29, 1.82) is 0 Å². The first-order chi connectivity index (χ1) is 13.5. The Balaban J connectivity index is 1.53. The minimum atomic E-state index is -0.122. The van der Waals surface area contributed by atoms with Gasteiger partial charge >= 0.3 is 0 Å². The largest absolute Gasteiger partial charge is 0.326 e. The Kier molecular flexibility index (Phi) is 5.17. The van der Waals surface area contributed by atoms with E-state index in [1.807, 2.05) is 17.8 Å². The van der Waals surface area contributed by atoms with Crippen LogP contribution >= 0.6 is 11.3 Å². The molecule has 4 rings (SSSR count). The number of thiophene rings is 1. The molecule has 2 N–H and O–H groups in total. The number of aryl methyl sites for hydroxylation is 1. The summed E-state index contributed by atoms with van der Waals surface area (Å²) in [7, 11) is 1.95. The minimum Gasteiger partial charge on any atom is -0.326 e. The molecular formula is C21H24N4O2S. The molecule has 0 atom stereocenters. The van der Waals surface area contributed by atoms with E-state index in [0.717, 1.165) is 15.9 Å². The summed E-state index contributed by atoms with van der Waals surface area (Å²) >= 11 is 1.52. The Morgan fingerprint density at radius 3 is 2.36 bits per heavy atom. The number of hydrogen-bond donors (Lipinski definition) is 2. The highest BCUT2D eigenvalue weighted by Crippen LogP contribution is 2.39. The summed E-state index contributed by atoms with van der Waals surface area (Å²) < 4.78 is 3.04. The molecule has 0 saturated heterocycles. The van der Waals surface area contributed by atoms with Gasteiger partial charge in [-0.2, -0.15) is 5.10 Å². The van der Waals surface area contributed by atoms with Crippen LogP contribution in [-0.4, -0.2) is 21.6 Å². The molecule has 0 aliphatic heterocycles. The SMILES string of the molecule is CC(=O)Nc1ccc(NC(=O)c2cc3c(s2)c(C2CCCCC2)nn3C)cc1. The summed E-state index contributed by atoms with van der Waals surface area (Å²) in [5, 5.41) is 10.4. The fraction of sp³-hybridized carbons (Fsp3) is 0.381. The summed E-state index contributed by atoms with van der Waals surface area (Å²) in [4.78, 5) is 24.5. The molecule has 2 aromatic heterocycles. The van der Waals surface area contributed by atoms with Crippen molar-refractivity contribution in [3.05, 3.63) is 40.9 Å². The standard InChI is InChI=1S/C21H24N4O2S/c1-13(26)22-15-8-10-16(11-9-15)23-21(27)18-12-17-20(28-18)19(24-25(17)2)14-6-4-3-5-7-14/h8-12,14H,3-7H2,1-2H3,(H,22,26)(H,23,27). The minimum absolute atomic E-state index is 0.121. The summed E-state index contributed by atoms with van der Waals surface area (Å²) in [5.74, 6) is 0.265. The highest BCUT2D eigenvalue weighted by Gasteiger charge is 2.24. The Morgan fingerprint density at radius 2 is 1.71 bits per heavy atom. The molecule has 1 aromatic carbocycles. The van der Waals surface area contributed by atoms with E-state index in [0.29, 0.717) is 22.2 Å². The quantitative estimate of drug-likeness (QED) is 0.659.